The molecule has 0 atom stereocenters. The largest absolute Gasteiger partial charge is 0.507 e. The number of phenols is 1. The molecule has 4 nitrogen and oxygen atoms in total. The van der Waals surface area contributed by atoms with E-state index in [0.29, 0.717) is 12.3 Å². The molecule has 0 spiro atoms. The first-order valence-corrected chi connectivity index (χ1v) is 6.02. The van der Waals surface area contributed by atoms with Crippen LogP contribution in [0.1, 0.15) is 11.1 Å². The third-order valence-corrected chi connectivity index (χ3v) is 2.88. The number of phenolic OH excluding ortho intramolecular Hbond substituents is 1. The van der Waals surface area contributed by atoms with Gasteiger partial charge in [0.2, 0.25) is 0 Å². The molecule has 0 aromatic heterocycles. The Morgan fingerprint density at radius 2 is 2.00 bits per heavy atom. The molecular formula is C15H17NO3. The van der Waals surface area contributed by atoms with E-state index in [0.717, 1.165) is 16.8 Å². The molecule has 3 N–H and O–H groups in total. The number of hydrogen-bond donors (Lipinski definition) is 3. The van der Waals surface area contributed by atoms with Gasteiger partial charge in [0.05, 0.1) is 13.7 Å². The second-order valence-electron chi connectivity index (χ2n) is 4.21. The first-order valence-electron chi connectivity index (χ1n) is 6.02. The molecule has 0 bridgehead atoms. The van der Waals surface area contributed by atoms with E-state index in [9.17, 15) is 5.11 Å². The quantitative estimate of drug-likeness (QED) is 0.772. The third kappa shape index (κ3) is 3.39. The van der Waals surface area contributed by atoms with Crippen molar-refractivity contribution in [1.82, 2.24) is 0 Å². The van der Waals surface area contributed by atoms with Crippen LogP contribution >= 0.6 is 0 Å². The minimum absolute atomic E-state index is 0.0172. The van der Waals surface area contributed by atoms with Crippen molar-refractivity contribution in [1.29, 1.82) is 0 Å². The fraction of sp³-hybridized carbons (Fsp3) is 0.200. The van der Waals surface area contributed by atoms with E-state index in [1.807, 2.05) is 30.3 Å². The van der Waals surface area contributed by atoms with Gasteiger partial charge >= 0.3 is 0 Å². The molecule has 0 aliphatic carbocycles. The number of anilines is 1. The van der Waals surface area contributed by atoms with Gasteiger partial charge in [-0.3, -0.25) is 0 Å². The van der Waals surface area contributed by atoms with Crippen LogP contribution in [-0.4, -0.2) is 17.3 Å². The molecule has 2 rings (SSSR count). The normalized spacial score (nSPS) is 10.2. The summed E-state index contributed by atoms with van der Waals surface area (Å²) in [5.41, 5.74) is 2.54. The van der Waals surface area contributed by atoms with Crippen molar-refractivity contribution < 1.29 is 14.9 Å². The molecule has 100 valence electrons. The Morgan fingerprint density at radius 1 is 1.16 bits per heavy atom. The lowest BCUT2D eigenvalue weighted by Crippen LogP contribution is -2.00. The Hall–Kier alpha value is -2.20. The van der Waals surface area contributed by atoms with Crippen LogP contribution in [0.3, 0.4) is 0 Å². The van der Waals surface area contributed by atoms with Crippen molar-refractivity contribution in [3.8, 4) is 11.5 Å². The summed E-state index contributed by atoms with van der Waals surface area (Å²) < 4.78 is 5.03. The highest BCUT2D eigenvalue weighted by Crippen LogP contribution is 2.24. The van der Waals surface area contributed by atoms with Gasteiger partial charge in [0.1, 0.15) is 11.5 Å². The van der Waals surface area contributed by atoms with E-state index in [2.05, 4.69) is 5.32 Å². The van der Waals surface area contributed by atoms with Crippen LogP contribution in [0, 0.1) is 0 Å². The summed E-state index contributed by atoms with van der Waals surface area (Å²) in [6.45, 7) is 0.522. The zero-order chi connectivity index (χ0) is 13.7. The lowest BCUT2D eigenvalue weighted by molar-refractivity contribution is 0.282. The number of rotatable bonds is 5. The van der Waals surface area contributed by atoms with Crippen LogP contribution in [0.5, 0.6) is 11.5 Å². The Balaban J connectivity index is 2.05. The second kappa shape index (κ2) is 6.11. The molecule has 0 amide bonds. The van der Waals surface area contributed by atoms with Gasteiger partial charge in [-0.1, -0.05) is 12.1 Å². The van der Waals surface area contributed by atoms with Crippen LogP contribution in [0.2, 0.25) is 0 Å². The minimum Gasteiger partial charge on any atom is -0.507 e. The molecule has 0 aliphatic rings. The first kappa shape index (κ1) is 13.2. The summed E-state index contributed by atoms with van der Waals surface area (Å²) in [7, 11) is 1.56. The van der Waals surface area contributed by atoms with Crippen molar-refractivity contribution in [2.24, 2.45) is 0 Å². The first-order chi connectivity index (χ1) is 9.22. The van der Waals surface area contributed by atoms with E-state index >= 15 is 0 Å². The third-order valence-electron chi connectivity index (χ3n) is 2.88. The summed E-state index contributed by atoms with van der Waals surface area (Å²) in [6, 6.07) is 12.7. The fourth-order valence-electron chi connectivity index (χ4n) is 1.80. The van der Waals surface area contributed by atoms with Crippen LogP contribution in [0.4, 0.5) is 5.69 Å². The highest BCUT2D eigenvalue weighted by molar-refractivity contribution is 5.48. The summed E-state index contributed by atoms with van der Waals surface area (Å²) in [4.78, 5) is 0. The fourth-order valence-corrected chi connectivity index (χ4v) is 1.80. The predicted molar refractivity (Wildman–Crippen MR) is 74.4 cm³/mol. The zero-order valence-corrected chi connectivity index (χ0v) is 10.8. The molecule has 0 aliphatic heterocycles. The molecule has 2 aromatic rings. The van der Waals surface area contributed by atoms with Crippen LogP contribution in [0.25, 0.3) is 0 Å². The van der Waals surface area contributed by atoms with Crippen LogP contribution in [0.15, 0.2) is 42.5 Å². The molecule has 0 unspecified atom stereocenters. The predicted octanol–water partition coefficient (Wildman–Crippen LogP) is 2.51. The number of nitrogens with one attached hydrogen (secondary N) is 1. The summed E-state index contributed by atoms with van der Waals surface area (Å²) >= 11 is 0. The Morgan fingerprint density at radius 3 is 2.68 bits per heavy atom. The number of benzene rings is 2. The zero-order valence-electron chi connectivity index (χ0n) is 10.8. The molecular weight excluding hydrogens is 242 g/mol. The molecule has 19 heavy (non-hydrogen) atoms. The molecule has 0 saturated heterocycles. The Labute approximate surface area is 112 Å². The Bertz CT molecular complexity index is 555. The molecule has 2 aromatic carbocycles. The van der Waals surface area contributed by atoms with Gasteiger partial charge in [0.25, 0.3) is 0 Å². The van der Waals surface area contributed by atoms with Gasteiger partial charge in [0, 0.05) is 23.9 Å². The van der Waals surface area contributed by atoms with E-state index in [1.54, 1.807) is 19.2 Å². The lowest BCUT2D eigenvalue weighted by atomic mass is 10.1. The van der Waals surface area contributed by atoms with E-state index in [-0.39, 0.29) is 12.4 Å². The number of methoxy groups -OCH3 is 1. The summed E-state index contributed by atoms with van der Waals surface area (Å²) in [5.74, 6) is 0.827. The van der Waals surface area contributed by atoms with Crippen LogP contribution < -0.4 is 10.1 Å². The van der Waals surface area contributed by atoms with E-state index in [4.69, 9.17) is 9.84 Å². The van der Waals surface area contributed by atoms with Gasteiger partial charge in [-0.25, -0.2) is 0 Å². The maximum atomic E-state index is 9.84. The highest BCUT2D eigenvalue weighted by Gasteiger charge is 2.03. The number of ether oxygens (including phenoxy) is 1. The number of aliphatic hydroxyl groups excluding tert-OH is 1. The maximum absolute atomic E-state index is 9.84. The average Bonchev–Trinajstić information content (AvgIpc) is 2.46. The lowest BCUT2D eigenvalue weighted by Gasteiger charge is -2.10. The van der Waals surface area contributed by atoms with Crippen molar-refractivity contribution >= 4 is 5.69 Å². The molecule has 0 saturated carbocycles. The van der Waals surface area contributed by atoms with E-state index in [1.165, 1.54) is 0 Å². The number of aliphatic hydroxyl groups is 1. The van der Waals surface area contributed by atoms with Gasteiger partial charge in [0.15, 0.2) is 0 Å². The van der Waals surface area contributed by atoms with Crippen molar-refractivity contribution in [3.63, 3.8) is 0 Å². The summed E-state index contributed by atoms with van der Waals surface area (Å²) in [5, 5.41) is 22.1. The molecule has 0 radical (unpaired) electrons. The topological polar surface area (TPSA) is 61.7 Å². The average molecular weight is 259 g/mol. The summed E-state index contributed by atoms with van der Waals surface area (Å²) in [6.07, 6.45) is 0. The Kier molecular flexibility index (Phi) is 4.26. The molecule has 0 heterocycles. The standard InChI is InChI=1S/C15H17NO3/c1-19-14-6-5-12(15(18)8-14)9-16-13-4-2-3-11(7-13)10-17/h2-8,16-18H,9-10H2,1H3. The molecule has 4 heteroatoms. The molecule has 0 fully saturated rings. The smallest absolute Gasteiger partial charge is 0.124 e. The second-order valence-corrected chi connectivity index (χ2v) is 4.21. The van der Waals surface area contributed by atoms with Crippen molar-refractivity contribution in [2.75, 3.05) is 12.4 Å². The van der Waals surface area contributed by atoms with Gasteiger partial charge in [-0.2, -0.15) is 0 Å². The maximum Gasteiger partial charge on any atom is 0.124 e. The van der Waals surface area contributed by atoms with Crippen molar-refractivity contribution in [3.05, 3.63) is 53.6 Å². The SMILES string of the molecule is COc1ccc(CNc2cccc(CO)c2)c(O)c1. The van der Waals surface area contributed by atoms with E-state index < -0.39 is 0 Å². The monoisotopic (exact) mass is 259 g/mol. The highest BCUT2D eigenvalue weighted by atomic mass is 16.5. The minimum atomic E-state index is 0.0172. The van der Waals surface area contributed by atoms with Gasteiger partial charge in [-0.05, 0) is 29.8 Å². The van der Waals surface area contributed by atoms with Gasteiger partial charge in [-0.15, -0.1) is 0 Å². The van der Waals surface area contributed by atoms with Crippen molar-refractivity contribution in [2.45, 2.75) is 13.2 Å². The number of aromatic hydroxyl groups is 1. The van der Waals surface area contributed by atoms with Crippen LogP contribution in [-0.2, 0) is 13.2 Å². The van der Waals surface area contributed by atoms with Gasteiger partial charge < -0.3 is 20.3 Å². The number of hydrogen-bond acceptors (Lipinski definition) is 4.